The van der Waals surface area contributed by atoms with E-state index >= 15 is 0 Å². The van der Waals surface area contributed by atoms with Crippen LogP contribution in [0.15, 0.2) is 175 Å². The van der Waals surface area contributed by atoms with Gasteiger partial charge in [0.15, 0.2) is 5.78 Å². The van der Waals surface area contributed by atoms with Gasteiger partial charge in [0.05, 0.1) is 11.1 Å². The number of anilines is 5. The summed E-state index contributed by atoms with van der Waals surface area (Å²) in [4.78, 5) is 31.7. The largest absolute Gasteiger partial charge is 0.421 e. The van der Waals surface area contributed by atoms with Crippen molar-refractivity contribution >= 4 is 51.5 Å². The molecule has 5 nitrogen and oxygen atoms in total. The first-order chi connectivity index (χ1) is 23.7. The highest BCUT2D eigenvalue weighted by Gasteiger charge is 2.43. The first-order valence-electron chi connectivity index (χ1n) is 16.2. The van der Waals surface area contributed by atoms with E-state index < -0.39 is 5.97 Å². The van der Waals surface area contributed by atoms with Crippen molar-refractivity contribution in [1.82, 2.24) is 0 Å². The lowest BCUT2D eigenvalue weighted by atomic mass is 10.00. The second kappa shape index (κ2) is 12.5. The molecule has 3 aliphatic rings. The van der Waals surface area contributed by atoms with Gasteiger partial charge in [-0.3, -0.25) is 4.79 Å². The minimum absolute atomic E-state index is 0.113. The Bertz CT molecular complexity index is 2120. The van der Waals surface area contributed by atoms with E-state index in [1.54, 1.807) is 0 Å². The third-order valence-corrected chi connectivity index (χ3v) is 8.89. The van der Waals surface area contributed by atoms with Crippen LogP contribution in [0.4, 0.5) is 28.4 Å². The van der Waals surface area contributed by atoms with E-state index in [1.165, 1.54) is 0 Å². The van der Waals surface area contributed by atoms with Crippen molar-refractivity contribution in [3.63, 3.8) is 0 Å². The van der Waals surface area contributed by atoms with Crippen LogP contribution < -0.4 is 9.80 Å². The maximum absolute atomic E-state index is 13.7. The Labute approximate surface area is 280 Å². The van der Waals surface area contributed by atoms with E-state index in [-0.39, 0.29) is 12.2 Å². The van der Waals surface area contributed by atoms with Crippen LogP contribution in [-0.2, 0) is 14.3 Å². The number of ether oxygens (including phenoxy) is 1. The van der Waals surface area contributed by atoms with E-state index in [1.807, 2.05) is 103 Å². The second-order valence-corrected chi connectivity index (χ2v) is 11.9. The van der Waals surface area contributed by atoms with Gasteiger partial charge in [0.25, 0.3) is 0 Å². The predicted octanol–water partition coefficient (Wildman–Crippen LogP) is 10.2. The van der Waals surface area contributed by atoms with Crippen molar-refractivity contribution in [2.24, 2.45) is 0 Å². The molecule has 1 heterocycles. The summed E-state index contributed by atoms with van der Waals surface area (Å²) in [6.45, 7) is 0. The summed E-state index contributed by atoms with van der Waals surface area (Å²) < 4.78 is 5.94. The summed E-state index contributed by atoms with van der Waals surface area (Å²) in [5.74, 6) is -0.278. The molecule has 0 saturated heterocycles. The summed E-state index contributed by atoms with van der Waals surface area (Å²) in [5.41, 5.74) is 8.88. The molecule has 5 aromatic rings. The molecular weight excluding hydrogens is 592 g/mol. The van der Waals surface area contributed by atoms with Crippen molar-refractivity contribution in [2.75, 3.05) is 9.80 Å². The highest BCUT2D eigenvalue weighted by Crippen LogP contribution is 2.46. The first kappa shape index (κ1) is 29.2. The molecule has 0 amide bonds. The standard InChI is InChI=1S/C43H32N2O3/c46-39-29-38(30-15-13-25-36(27-30)44(32-17-5-1-6-18-32)33-19-7-2-8-20-33)40-41(39)42(48-43(40)47)31-16-14-26-37(28-31)45(34-21-9-3-10-22-34)35-23-11-4-12-24-35/h1-3,5-11,13-28H,4,12,29H2. The van der Waals surface area contributed by atoms with Crippen LogP contribution in [0.25, 0.3) is 11.3 Å². The molecule has 232 valence electrons. The molecule has 0 atom stereocenters. The molecule has 0 N–H and O–H groups in total. The molecular formula is C43H32N2O3. The monoisotopic (exact) mass is 624 g/mol. The lowest BCUT2D eigenvalue weighted by Gasteiger charge is -2.28. The van der Waals surface area contributed by atoms with Gasteiger partial charge in [-0.15, -0.1) is 0 Å². The van der Waals surface area contributed by atoms with Crippen LogP contribution in [-0.4, -0.2) is 11.8 Å². The maximum Gasteiger partial charge on any atom is 0.344 e. The molecule has 5 aromatic carbocycles. The van der Waals surface area contributed by atoms with Gasteiger partial charge in [0.2, 0.25) is 0 Å². The molecule has 2 aliphatic carbocycles. The summed E-state index contributed by atoms with van der Waals surface area (Å²) in [6, 6.07) is 46.4. The number of benzene rings is 5. The fourth-order valence-corrected chi connectivity index (χ4v) is 6.75. The van der Waals surface area contributed by atoms with Gasteiger partial charge in [0, 0.05) is 46.1 Å². The molecule has 0 spiro atoms. The van der Waals surface area contributed by atoms with Gasteiger partial charge in [-0.1, -0.05) is 91.0 Å². The van der Waals surface area contributed by atoms with Gasteiger partial charge >= 0.3 is 5.97 Å². The number of esters is 1. The Hall–Kier alpha value is -6.20. The zero-order valence-corrected chi connectivity index (χ0v) is 26.3. The van der Waals surface area contributed by atoms with Crippen LogP contribution in [0.2, 0.25) is 0 Å². The molecule has 0 bridgehead atoms. The summed E-state index contributed by atoms with van der Waals surface area (Å²) in [6.07, 6.45) is 8.66. The van der Waals surface area contributed by atoms with Gasteiger partial charge in [-0.2, -0.15) is 0 Å². The summed E-state index contributed by atoms with van der Waals surface area (Å²) >= 11 is 0. The highest BCUT2D eigenvalue weighted by atomic mass is 16.5. The smallest absolute Gasteiger partial charge is 0.344 e. The number of ketones is 1. The van der Waals surface area contributed by atoms with Crippen molar-refractivity contribution in [1.29, 1.82) is 0 Å². The van der Waals surface area contributed by atoms with Crippen LogP contribution in [0.1, 0.15) is 30.4 Å². The summed E-state index contributed by atoms with van der Waals surface area (Å²) in [7, 11) is 0. The third-order valence-electron chi connectivity index (χ3n) is 8.89. The number of hydrogen-bond donors (Lipinski definition) is 0. The molecule has 0 saturated carbocycles. The predicted molar refractivity (Wildman–Crippen MR) is 192 cm³/mol. The topological polar surface area (TPSA) is 49.9 Å². The fourth-order valence-electron chi connectivity index (χ4n) is 6.75. The molecule has 8 rings (SSSR count). The van der Waals surface area contributed by atoms with E-state index in [0.717, 1.165) is 52.5 Å². The van der Waals surface area contributed by atoms with Crippen LogP contribution >= 0.6 is 0 Å². The molecule has 48 heavy (non-hydrogen) atoms. The van der Waals surface area contributed by atoms with Gasteiger partial charge in [-0.25, -0.2) is 4.79 Å². The van der Waals surface area contributed by atoms with Crippen LogP contribution in [0.5, 0.6) is 0 Å². The molecule has 0 fully saturated rings. The van der Waals surface area contributed by atoms with E-state index in [9.17, 15) is 9.59 Å². The third kappa shape index (κ3) is 5.35. The quantitative estimate of drug-likeness (QED) is 0.161. The second-order valence-electron chi connectivity index (χ2n) is 11.9. The number of hydrogen-bond acceptors (Lipinski definition) is 5. The number of carbonyl (C=O) groups excluding carboxylic acids is 2. The highest BCUT2D eigenvalue weighted by molar-refractivity contribution is 6.29. The number of Topliss-reactive ketones (excluding diaryl/α,β-unsaturated/α-hetero) is 1. The van der Waals surface area contributed by atoms with Gasteiger partial charge in [0.1, 0.15) is 5.76 Å². The Balaban J connectivity index is 1.21. The average molecular weight is 625 g/mol. The van der Waals surface area contributed by atoms with E-state index in [0.29, 0.717) is 28.0 Å². The van der Waals surface area contributed by atoms with E-state index in [4.69, 9.17) is 4.74 Å². The Morgan fingerprint density at radius 2 is 1.06 bits per heavy atom. The van der Waals surface area contributed by atoms with Crippen molar-refractivity contribution in [2.45, 2.75) is 19.3 Å². The normalized spacial score (nSPS) is 15.4. The number of nitrogens with zero attached hydrogens (tertiary/aromatic N) is 2. The molecule has 5 heteroatoms. The first-order valence-corrected chi connectivity index (χ1v) is 16.2. The van der Waals surface area contributed by atoms with Crippen LogP contribution in [0, 0.1) is 0 Å². The van der Waals surface area contributed by atoms with Crippen LogP contribution in [0.3, 0.4) is 0 Å². The molecule has 0 unspecified atom stereocenters. The number of fused-ring (bicyclic) bond motifs is 1. The molecule has 1 aliphatic heterocycles. The number of allylic oxidation sites excluding steroid dienone is 4. The Kier molecular flexibility index (Phi) is 7.63. The Morgan fingerprint density at radius 3 is 1.67 bits per heavy atom. The lowest BCUT2D eigenvalue weighted by Crippen LogP contribution is -2.16. The maximum atomic E-state index is 13.7. The summed E-state index contributed by atoms with van der Waals surface area (Å²) in [5, 5.41) is 0. The van der Waals surface area contributed by atoms with Crippen molar-refractivity contribution in [3.05, 3.63) is 186 Å². The molecule has 0 aromatic heterocycles. The number of rotatable bonds is 8. The van der Waals surface area contributed by atoms with Crippen molar-refractivity contribution in [3.8, 4) is 0 Å². The minimum Gasteiger partial charge on any atom is -0.421 e. The van der Waals surface area contributed by atoms with Crippen molar-refractivity contribution < 1.29 is 14.3 Å². The SMILES string of the molecule is O=C1CC(c2cccc(N(c3ccccc3)c3ccccc3)c2)=C2C(=O)OC(c3cccc(N(C4=CCCC=C4)c4ccccc4)c3)=C12. The lowest BCUT2D eigenvalue weighted by molar-refractivity contribution is -0.131. The van der Waals surface area contributed by atoms with E-state index in [2.05, 4.69) is 64.4 Å². The fraction of sp³-hybridized carbons (Fsp3) is 0.0698. The van der Waals surface area contributed by atoms with Gasteiger partial charge in [-0.05, 0) is 90.7 Å². The van der Waals surface area contributed by atoms with Gasteiger partial charge < -0.3 is 14.5 Å². The minimum atomic E-state index is -0.488. The zero-order valence-electron chi connectivity index (χ0n) is 26.3. The Morgan fingerprint density at radius 1 is 0.521 bits per heavy atom. The number of carbonyl (C=O) groups is 2. The average Bonchev–Trinajstić information content (AvgIpc) is 3.68. The zero-order chi connectivity index (χ0) is 32.5. The number of cyclic esters (lactones) is 1. The molecule has 0 radical (unpaired) electrons. The number of para-hydroxylation sites is 3.